The van der Waals surface area contributed by atoms with Gasteiger partial charge in [0.2, 0.25) is 5.54 Å². The molecule has 1 atom stereocenters. The number of carboxylic acids is 1. The average Bonchev–Trinajstić information content (AvgIpc) is 3.03. The van der Waals surface area contributed by atoms with Crippen molar-refractivity contribution in [2.24, 2.45) is 5.73 Å². The Morgan fingerprint density at radius 2 is 1.57 bits per heavy atom. The zero-order valence-corrected chi connectivity index (χ0v) is 16.3. The van der Waals surface area contributed by atoms with E-state index in [1.54, 1.807) is 0 Å². The topological polar surface area (TPSA) is 89.6 Å². The molecular weight excluding hydrogens is 378 g/mol. The fraction of sp³-hybridized carbons (Fsp3) is 0.364. The quantitative estimate of drug-likeness (QED) is 0.287. The number of rotatable bonds is 9. The van der Waals surface area contributed by atoms with Gasteiger partial charge in [0.05, 0.1) is 0 Å². The second-order valence-electron chi connectivity index (χ2n) is 7.10. The number of ether oxygens (including phenoxy) is 1. The number of aliphatic carboxylic acids is 1. The number of carbonyl (C=O) groups is 2. The Labute approximate surface area is 169 Å². The van der Waals surface area contributed by atoms with Crippen LogP contribution >= 0.6 is 11.6 Å². The highest BCUT2D eigenvalue weighted by molar-refractivity contribution is 6.17. The lowest BCUT2D eigenvalue weighted by atomic mass is 9.93. The minimum atomic E-state index is -2.04. The molecule has 0 unspecified atom stereocenters. The summed E-state index contributed by atoms with van der Waals surface area (Å²) < 4.78 is 5.45. The first-order chi connectivity index (χ1) is 13.5. The molecule has 0 saturated carbocycles. The molecule has 0 spiro atoms. The number of nitrogens with two attached hydrogens (primary N) is 1. The summed E-state index contributed by atoms with van der Waals surface area (Å²) >= 11 is 5.64. The standard InChI is InChI=1S/C22H24ClNO4/c23-13-7-1-6-12-22(24,20(25)26)21(27)28-14-19-17-10-4-2-8-15(17)16-9-3-5-11-18(16)19/h2-5,8-11,19H,1,6-7,12-14,24H2,(H,25,26)/t22-/m0/s1. The van der Waals surface area contributed by atoms with Crippen LogP contribution in [0.1, 0.15) is 42.7 Å². The van der Waals surface area contributed by atoms with Gasteiger partial charge in [0.1, 0.15) is 6.61 Å². The van der Waals surface area contributed by atoms with Gasteiger partial charge >= 0.3 is 11.9 Å². The lowest BCUT2D eigenvalue weighted by molar-refractivity contribution is -0.161. The van der Waals surface area contributed by atoms with Crippen molar-refractivity contribution >= 4 is 23.5 Å². The number of esters is 1. The SMILES string of the molecule is N[C@@](CCCCCCl)(C(=O)O)C(=O)OCC1c2ccccc2-c2ccccc21. The molecule has 2 aromatic carbocycles. The fourth-order valence-electron chi connectivity index (χ4n) is 3.70. The number of hydrogen-bond acceptors (Lipinski definition) is 4. The van der Waals surface area contributed by atoms with E-state index in [0.29, 0.717) is 18.7 Å². The number of carboxylic acid groups (broad SMARTS) is 1. The zero-order valence-electron chi connectivity index (χ0n) is 15.6. The minimum absolute atomic E-state index is 0.0237. The molecule has 2 aromatic rings. The van der Waals surface area contributed by atoms with Gasteiger partial charge in [0, 0.05) is 11.8 Å². The van der Waals surface area contributed by atoms with Gasteiger partial charge in [0.25, 0.3) is 0 Å². The molecule has 6 heteroatoms. The van der Waals surface area contributed by atoms with E-state index in [1.165, 1.54) is 0 Å². The highest BCUT2D eigenvalue weighted by atomic mass is 35.5. The van der Waals surface area contributed by atoms with Gasteiger partial charge in [-0.3, -0.25) is 0 Å². The summed E-state index contributed by atoms with van der Waals surface area (Å²) in [5.41, 5.74) is 8.25. The molecule has 148 valence electrons. The molecule has 0 saturated heterocycles. The van der Waals surface area contributed by atoms with E-state index in [0.717, 1.165) is 28.7 Å². The van der Waals surface area contributed by atoms with E-state index in [1.807, 2.05) is 48.5 Å². The Morgan fingerprint density at radius 3 is 2.11 bits per heavy atom. The van der Waals surface area contributed by atoms with Crippen LogP contribution in [0.3, 0.4) is 0 Å². The van der Waals surface area contributed by atoms with E-state index in [9.17, 15) is 14.7 Å². The minimum Gasteiger partial charge on any atom is -0.479 e. The van der Waals surface area contributed by atoms with Gasteiger partial charge in [-0.15, -0.1) is 11.6 Å². The van der Waals surface area contributed by atoms with Crippen molar-refractivity contribution in [3.8, 4) is 11.1 Å². The normalized spacial score (nSPS) is 14.8. The molecule has 1 aliphatic rings. The van der Waals surface area contributed by atoms with E-state index < -0.39 is 17.5 Å². The predicted molar refractivity (Wildman–Crippen MR) is 108 cm³/mol. The van der Waals surface area contributed by atoms with Gasteiger partial charge in [-0.2, -0.15) is 0 Å². The number of halogens is 1. The first-order valence-electron chi connectivity index (χ1n) is 9.42. The number of hydrogen-bond donors (Lipinski definition) is 2. The van der Waals surface area contributed by atoms with Gasteiger partial charge in [-0.1, -0.05) is 61.4 Å². The lowest BCUT2D eigenvalue weighted by Crippen LogP contribution is -2.56. The summed E-state index contributed by atoms with van der Waals surface area (Å²) in [5, 5.41) is 9.52. The molecule has 3 N–H and O–H groups in total. The molecule has 1 aliphatic carbocycles. The highest BCUT2D eigenvalue weighted by Gasteiger charge is 2.44. The number of alkyl halides is 1. The van der Waals surface area contributed by atoms with Crippen LogP contribution in [-0.4, -0.2) is 35.1 Å². The third-order valence-electron chi connectivity index (χ3n) is 5.29. The van der Waals surface area contributed by atoms with Crippen LogP contribution in [0.15, 0.2) is 48.5 Å². The third kappa shape index (κ3) is 3.91. The van der Waals surface area contributed by atoms with Gasteiger partial charge in [-0.25, -0.2) is 9.59 Å². The van der Waals surface area contributed by atoms with E-state index in [2.05, 4.69) is 0 Å². The smallest absolute Gasteiger partial charge is 0.337 e. The molecule has 0 bridgehead atoms. The van der Waals surface area contributed by atoms with Gasteiger partial charge in [0.15, 0.2) is 0 Å². The summed E-state index contributed by atoms with van der Waals surface area (Å²) in [6.07, 6.45) is 1.99. The summed E-state index contributed by atoms with van der Waals surface area (Å²) in [6, 6.07) is 15.9. The maximum absolute atomic E-state index is 12.6. The van der Waals surface area contributed by atoms with Crippen molar-refractivity contribution in [2.75, 3.05) is 12.5 Å². The largest absolute Gasteiger partial charge is 0.479 e. The summed E-state index contributed by atoms with van der Waals surface area (Å²) in [6.45, 7) is 0.0563. The zero-order chi connectivity index (χ0) is 20.1. The third-order valence-corrected chi connectivity index (χ3v) is 5.56. The number of unbranched alkanes of at least 4 members (excludes halogenated alkanes) is 2. The second-order valence-corrected chi connectivity index (χ2v) is 7.48. The summed E-state index contributed by atoms with van der Waals surface area (Å²) in [4.78, 5) is 24.3. The Morgan fingerprint density at radius 1 is 1.00 bits per heavy atom. The first-order valence-corrected chi connectivity index (χ1v) is 9.96. The Hall–Kier alpha value is -2.37. The van der Waals surface area contributed by atoms with Crippen molar-refractivity contribution in [1.82, 2.24) is 0 Å². The molecule has 5 nitrogen and oxygen atoms in total. The van der Waals surface area contributed by atoms with Crippen LogP contribution in [0.25, 0.3) is 11.1 Å². The highest BCUT2D eigenvalue weighted by Crippen LogP contribution is 2.44. The van der Waals surface area contributed by atoms with Crippen LogP contribution in [0.5, 0.6) is 0 Å². The van der Waals surface area contributed by atoms with Crippen LogP contribution < -0.4 is 5.73 Å². The average molecular weight is 402 g/mol. The predicted octanol–water partition coefficient (Wildman–Crippen LogP) is 3.92. The lowest BCUT2D eigenvalue weighted by Gasteiger charge is -2.24. The second kappa shape index (κ2) is 8.76. The molecule has 0 heterocycles. The molecule has 3 rings (SSSR count). The van der Waals surface area contributed by atoms with Crippen LogP contribution in [-0.2, 0) is 14.3 Å². The van der Waals surface area contributed by atoms with Gasteiger partial charge < -0.3 is 15.6 Å². The monoisotopic (exact) mass is 401 g/mol. The van der Waals surface area contributed by atoms with Crippen molar-refractivity contribution in [1.29, 1.82) is 0 Å². The number of fused-ring (bicyclic) bond motifs is 3. The van der Waals surface area contributed by atoms with Crippen molar-refractivity contribution in [3.05, 3.63) is 59.7 Å². The van der Waals surface area contributed by atoms with Crippen molar-refractivity contribution in [3.63, 3.8) is 0 Å². The van der Waals surface area contributed by atoms with Crippen LogP contribution in [0.2, 0.25) is 0 Å². The number of benzene rings is 2. The fourth-order valence-corrected chi connectivity index (χ4v) is 3.89. The van der Waals surface area contributed by atoms with E-state index in [-0.39, 0.29) is 18.9 Å². The Bertz CT molecular complexity index is 824. The van der Waals surface area contributed by atoms with E-state index >= 15 is 0 Å². The molecule has 0 fully saturated rings. The number of carbonyl (C=O) groups excluding carboxylic acids is 1. The van der Waals surface area contributed by atoms with Gasteiger partial charge in [-0.05, 0) is 35.1 Å². The first kappa shape index (κ1) is 20.4. The molecule has 0 aliphatic heterocycles. The Balaban J connectivity index is 1.74. The molecule has 28 heavy (non-hydrogen) atoms. The van der Waals surface area contributed by atoms with E-state index in [4.69, 9.17) is 22.1 Å². The van der Waals surface area contributed by atoms with Crippen LogP contribution in [0, 0.1) is 0 Å². The van der Waals surface area contributed by atoms with Crippen LogP contribution in [0.4, 0.5) is 0 Å². The summed E-state index contributed by atoms with van der Waals surface area (Å²) in [7, 11) is 0. The molecule has 0 aromatic heterocycles. The van der Waals surface area contributed by atoms with Crippen molar-refractivity contribution in [2.45, 2.75) is 37.1 Å². The molecule has 0 amide bonds. The molecular formula is C22H24ClNO4. The maximum atomic E-state index is 12.6. The Kier molecular flexibility index (Phi) is 6.37. The van der Waals surface area contributed by atoms with Crippen molar-refractivity contribution < 1.29 is 19.4 Å². The summed E-state index contributed by atoms with van der Waals surface area (Å²) in [5.74, 6) is -1.90. The molecule has 0 radical (unpaired) electrons. The maximum Gasteiger partial charge on any atom is 0.337 e.